The fraction of sp³-hybridized carbons (Fsp3) is 0.333. The Balaban J connectivity index is 1.73. The maximum atomic E-state index is 5.67. The highest BCUT2D eigenvalue weighted by molar-refractivity contribution is 5.40. The summed E-state index contributed by atoms with van der Waals surface area (Å²) in [5.74, 6) is 7.21. The Morgan fingerprint density at radius 3 is 2.94 bits per heavy atom. The largest absolute Gasteiger partial charge is 0.469 e. The summed E-state index contributed by atoms with van der Waals surface area (Å²) in [6.07, 6.45) is 3.97. The molecule has 3 nitrogen and oxygen atoms in total. The van der Waals surface area contributed by atoms with Crippen LogP contribution in [0.4, 0.5) is 0 Å². The zero-order valence-corrected chi connectivity index (χ0v) is 10.5. The highest BCUT2D eigenvalue weighted by atomic mass is 16.3. The Hall–Kier alpha value is -1.58. The maximum absolute atomic E-state index is 5.67. The van der Waals surface area contributed by atoms with Crippen LogP contribution in [0.3, 0.4) is 0 Å². The molecule has 3 N–H and O–H groups in total. The van der Waals surface area contributed by atoms with Crippen LogP contribution in [-0.2, 0) is 6.42 Å². The molecule has 1 heterocycles. The quantitative estimate of drug-likeness (QED) is 0.640. The third-order valence-electron chi connectivity index (χ3n) is 3.84. The molecule has 94 valence electrons. The van der Waals surface area contributed by atoms with Crippen molar-refractivity contribution in [1.82, 2.24) is 5.43 Å². The number of benzene rings is 1. The van der Waals surface area contributed by atoms with Crippen LogP contribution < -0.4 is 11.3 Å². The molecule has 2 atom stereocenters. The zero-order valence-electron chi connectivity index (χ0n) is 10.5. The monoisotopic (exact) mass is 242 g/mol. The van der Waals surface area contributed by atoms with Gasteiger partial charge < -0.3 is 4.42 Å². The van der Waals surface area contributed by atoms with Gasteiger partial charge in [0, 0.05) is 11.6 Å². The lowest BCUT2D eigenvalue weighted by Crippen LogP contribution is -2.31. The van der Waals surface area contributed by atoms with E-state index in [1.807, 2.05) is 6.92 Å². The molecule has 1 aliphatic rings. The minimum Gasteiger partial charge on any atom is -0.469 e. The van der Waals surface area contributed by atoms with E-state index in [1.54, 1.807) is 6.26 Å². The summed E-state index contributed by atoms with van der Waals surface area (Å²) in [5, 5.41) is 0. The second-order valence-corrected chi connectivity index (χ2v) is 5.05. The Morgan fingerprint density at radius 2 is 2.28 bits per heavy atom. The van der Waals surface area contributed by atoms with Gasteiger partial charge in [-0.2, -0.15) is 0 Å². The number of hydrazine groups is 1. The molecule has 1 aromatic carbocycles. The van der Waals surface area contributed by atoms with E-state index in [0.29, 0.717) is 5.92 Å². The number of hydrogen-bond donors (Lipinski definition) is 2. The van der Waals surface area contributed by atoms with Crippen molar-refractivity contribution in [1.29, 1.82) is 0 Å². The van der Waals surface area contributed by atoms with Crippen LogP contribution in [0.2, 0.25) is 0 Å². The second-order valence-electron chi connectivity index (χ2n) is 5.05. The Kier molecular flexibility index (Phi) is 2.94. The van der Waals surface area contributed by atoms with Crippen molar-refractivity contribution < 1.29 is 4.42 Å². The average Bonchev–Trinajstić information content (AvgIpc) is 2.77. The van der Waals surface area contributed by atoms with Crippen LogP contribution >= 0.6 is 0 Å². The van der Waals surface area contributed by atoms with Gasteiger partial charge in [0.1, 0.15) is 5.76 Å². The molecule has 0 fully saturated rings. The Labute approximate surface area is 107 Å². The van der Waals surface area contributed by atoms with Gasteiger partial charge in [0.25, 0.3) is 0 Å². The van der Waals surface area contributed by atoms with Gasteiger partial charge in [-0.1, -0.05) is 24.3 Å². The number of fused-ring (bicyclic) bond motifs is 1. The van der Waals surface area contributed by atoms with Crippen molar-refractivity contribution in [2.45, 2.75) is 31.7 Å². The minimum absolute atomic E-state index is 0.167. The molecule has 3 heteroatoms. The smallest absolute Gasteiger partial charge is 0.101 e. The predicted molar refractivity (Wildman–Crippen MR) is 71.0 cm³/mol. The summed E-state index contributed by atoms with van der Waals surface area (Å²) in [5.41, 5.74) is 6.98. The van der Waals surface area contributed by atoms with Gasteiger partial charge in [0.2, 0.25) is 0 Å². The summed E-state index contributed by atoms with van der Waals surface area (Å²) in [6, 6.07) is 10.9. The first-order chi connectivity index (χ1) is 8.78. The number of rotatable bonds is 4. The predicted octanol–water partition coefficient (Wildman–Crippen LogP) is 2.82. The second kappa shape index (κ2) is 4.59. The van der Waals surface area contributed by atoms with Crippen molar-refractivity contribution in [2.24, 2.45) is 5.84 Å². The number of nitrogens with two attached hydrogens (primary N) is 1. The lowest BCUT2D eigenvalue weighted by atomic mass is 9.74. The lowest BCUT2D eigenvalue weighted by Gasteiger charge is -2.32. The van der Waals surface area contributed by atoms with Crippen molar-refractivity contribution in [3.05, 3.63) is 59.0 Å². The van der Waals surface area contributed by atoms with Crippen molar-refractivity contribution in [3.63, 3.8) is 0 Å². The molecule has 0 radical (unpaired) electrons. The van der Waals surface area contributed by atoms with Gasteiger partial charge in [-0.3, -0.25) is 11.3 Å². The standard InChI is InChI=1S/C15H18N2O/c1-10-6-13(9-18-10)15(17-16)8-12-7-11-4-2-3-5-14(11)12/h2-6,9,12,15,17H,7-8,16H2,1H3. The summed E-state index contributed by atoms with van der Waals surface area (Å²) in [6.45, 7) is 1.95. The molecule has 0 aliphatic heterocycles. The zero-order chi connectivity index (χ0) is 12.5. The minimum atomic E-state index is 0.167. The molecular formula is C15H18N2O. The molecule has 0 spiro atoms. The highest BCUT2D eigenvalue weighted by Crippen LogP contribution is 2.40. The summed E-state index contributed by atoms with van der Waals surface area (Å²) < 4.78 is 5.35. The van der Waals surface area contributed by atoms with E-state index in [1.165, 1.54) is 11.1 Å². The van der Waals surface area contributed by atoms with Crippen molar-refractivity contribution in [2.75, 3.05) is 0 Å². The van der Waals surface area contributed by atoms with Crippen LogP contribution in [-0.4, -0.2) is 0 Å². The normalized spacial score (nSPS) is 19.1. The van der Waals surface area contributed by atoms with E-state index in [0.717, 1.165) is 24.2 Å². The van der Waals surface area contributed by atoms with E-state index in [9.17, 15) is 0 Å². The lowest BCUT2D eigenvalue weighted by molar-refractivity contribution is 0.430. The van der Waals surface area contributed by atoms with Gasteiger partial charge in [0.15, 0.2) is 0 Å². The summed E-state index contributed by atoms with van der Waals surface area (Å²) in [7, 11) is 0. The van der Waals surface area contributed by atoms with Crippen LogP contribution in [0, 0.1) is 6.92 Å². The number of furan rings is 1. The molecule has 0 saturated carbocycles. The van der Waals surface area contributed by atoms with Crippen LogP contribution in [0.5, 0.6) is 0 Å². The molecule has 1 aromatic heterocycles. The molecule has 0 amide bonds. The third kappa shape index (κ3) is 1.96. The fourth-order valence-corrected chi connectivity index (χ4v) is 2.80. The molecule has 0 bridgehead atoms. The van der Waals surface area contributed by atoms with E-state index in [4.69, 9.17) is 10.3 Å². The average molecular weight is 242 g/mol. The summed E-state index contributed by atoms with van der Waals surface area (Å²) in [4.78, 5) is 0. The number of aryl methyl sites for hydroxylation is 1. The Bertz CT molecular complexity index is 547. The van der Waals surface area contributed by atoms with Gasteiger partial charge in [-0.05, 0) is 42.9 Å². The van der Waals surface area contributed by atoms with E-state index < -0.39 is 0 Å². The van der Waals surface area contributed by atoms with Crippen LogP contribution in [0.15, 0.2) is 41.0 Å². The van der Waals surface area contributed by atoms with Crippen LogP contribution in [0.25, 0.3) is 0 Å². The van der Waals surface area contributed by atoms with Gasteiger partial charge in [0.05, 0.1) is 6.26 Å². The van der Waals surface area contributed by atoms with Crippen LogP contribution in [0.1, 0.15) is 40.8 Å². The van der Waals surface area contributed by atoms with Crippen molar-refractivity contribution >= 4 is 0 Å². The van der Waals surface area contributed by atoms with Gasteiger partial charge >= 0.3 is 0 Å². The number of nitrogens with one attached hydrogen (secondary N) is 1. The SMILES string of the molecule is Cc1cc(C(CC2Cc3ccccc32)NN)co1. The van der Waals surface area contributed by atoms with Gasteiger partial charge in [-0.15, -0.1) is 0 Å². The summed E-state index contributed by atoms with van der Waals surface area (Å²) >= 11 is 0. The van der Waals surface area contributed by atoms with Crippen molar-refractivity contribution in [3.8, 4) is 0 Å². The molecular weight excluding hydrogens is 224 g/mol. The fourth-order valence-electron chi connectivity index (χ4n) is 2.80. The molecule has 18 heavy (non-hydrogen) atoms. The topological polar surface area (TPSA) is 51.2 Å². The third-order valence-corrected chi connectivity index (χ3v) is 3.84. The molecule has 3 rings (SSSR count). The first-order valence-electron chi connectivity index (χ1n) is 6.37. The first kappa shape index (κ1) is 11.5. The van der Waals surface area contributed by atoms with Gasteiger partial charge in [-0.25, -0.2) is 0 Å². The molecule has 1 aliphatic carbocycles. The first-order valence-corrected chi connectivity index (χ1v) is 6.37. The van der Waals surface area contributed by atoms with E-state index in [2.05, 4.69) is 35.8 Å². The Morgan fingerprint density at radius 1 is 1.44 bits per heavy atom. The molecule has 0 saturated heterocycles. The molecule has 2 unspecified atom stereocenters. The maximum Gasteiger partial charge on any atom is 0.101 e. The van der Waals surface area contributed by atoms with E-state index >= 15 is 0 Å². The number of hydrogen-bond acceptors (Lipinski definition) is 3. The highest BCUT2D eigenvalue weighted by Gasteiger charge is 2.28. The molecule has 2 aromatic rings. The van der Waals surface area contributed by atoms with E-state index in [-0.39, 0.29) is 6.04 Å².